The predicted molar refractivity (Wildman–Crippen MR) is 74.7 cm³/mol. The van der Waals surface area contributed by atoms with Gasteiger partial charge in [0.15, 0.2) is 0 Å². The van der Waals surface area contributed by atoms with Gasteiger partial charge < -0.3 is 15.6 Å². The van der Waals surface area contributed by atoms with E-state index in [2.05, 4.69) is 4.74 Å². The molecule has 0 spiro atoms. The minimum absolute atomic E-state index is 0. The highest BCUT2D eigenvalue weighted by Crippen LogP contribution is 2.38. The molecule has 0 fully saturated rings. The molecule has 0 aliphatic heterocycles. The van der Waals surface area contributed by atoms with Crippen molar-refractivity contribution in [1.82, 2.24) is 0 Å². The van der Waals surface area contributed by atoms with Gasteiger partial charge in [-0.1, -0.05) is 0 Å². The van der Waals surface area contributed by atoms with Crippen molar-refractivity contribution in [2.24, 2.45) is 11.1 Å². The molecule has 0 radical (unpaired) electrons. The molecule has 0 aliphatic rings. The van der Waals surface area contributed by atoms with E-state index < -0.39 is 22.3 Å². The molecule has 0 heterocycles. The molecule has 8 heteroatoms. The molecule has 0 aromatic heterocycles. The number of nitrogens with two attached hydrogens (primary N) is 1. The van der Waals surface area contributed by atoms with Crippen molar-refractivity contribution in [3.8, 4) is 5.75 Å². The van der Waals surface area contributed by atoms with Gasteiger partial charge in [-0.25, -0.2) is 0 Å². The number of hydrogen-bond donors (Lipinski definition) is 2. The molecule has 1 aromatic rings. The summed E-state index contributed by atoms with van der Waals surface area (Å²) in [6, 6.07) is 2.55. The molecule has 0 saturated heterocycles. The average Bonchev–Trinajstić information content (AvgIpc) is 2.36. The SMILES string of the molecule is COC(=O)C(C)(C)[C@@H](N)c1cc(O)ccc1[N+](=O)[O-].Cl. The van der Waals surface area contributed by atoms with Gasteiger partial charge in [-0.3, -0.25) is 14.9 Å². The summed E-state index contributed by atoms with van der Waals surface area (Å²) in [5.41, 5.74) is 4.62. The lowest BCUT2D eigenvalue weighted by atomic mass is 9.80. The first-order valence-electron chi connectivity index (χ1n) is 5.53. The fourth-order valence-electron chi connectivity index (χ4n) is 1.74. The summed E-state index contributed by atoms with van der Waals surface area (Å²) in [6.45, 7) is 3.05. The molecule has 0 saturated carbocycles. The van der Waals surface area contributed by atoms with Crippen molar-refractivity contribution in [2.45, 2.75) is 19.9 Å². The van der Waals surface area contributed by atoms with E-state index in [9.17, 15) is 20.0 Å². The zero-order chi connectivity index (χ0) is 14.8. The molecule has 0 bridgehead atoms. The molecule has 20 heavy (non-hydrogen) atoms. The summed E-state index contributed by atoms with van der Waals surface area (Å²) >= 11 is 0. The van der Waals surface area contributed by atoms with Crippen molar-refractivity contribution < 1.29 is 19.6 Å². The minimum Gasteiger partial charge on any atom is -0.508 e. The molecule has 3 N–H and O–H groups in total. The number of nitro groups is 1. The highest BCUT2D eigenvalue weighted by atomic mass is 35.5. The lowest BCUT2D eigenvalue weighted by molar-refractivity contribution is -0.385. The van der Waals surface area contributed by atoms with Crippen LogP contribution in [0.1, 0.15) is 25.5 Å². The smallest absolute Gasteiger partial charge is 0.313 e. The number of phenols is 1. The van der Waals surface area contributed by atoms with Gasteiger partial charge in [0.25, 0.3) is 5.69 Å². The molecular weight excluding hydrogens is 288 g/mol. The maximum Gasteiger partial charge on any atom is 0.313 e. The fourth-order valence-corrected chi connectivity index (χ4v) is 1.74. The van der Waals surface area contributed by atoms with Crippen LogP contribution in [0.3, 0.4) is 0 Å². The number of ether oxygens (including phenoxy) is 1. The Morgan fingerprint density at radius 2 is 2.05 bits per heavy atom. The molecule has 7 nitrogen and oxygen atoms in total. The van der Waals surface area contributed by atoms with Crippen LogP contribution in [0.4, 0.5) is 5.69 Å². The Labute approximate surface area is 122 Å². The normalized spacial score (nSPS) is 12.2. The molecular formula is C12H17ClN2O5. The number of methoxy groups -OCH3 is 1. The van der Waals surface area contributed by atoms with Gasteiger partial charge in [-0.15, -0.1) is 12.4 Å². The number of benzene rings is 1. The monoisotopic (exact) mass is 304 g/mol. The Kier molecular flexibility index (Phi) is 5.93. The van der Waals surface area contributed by atoms with Crippen molar-refractivity contribution in [1.29, 1.82) is 0 Å². The number of halogens is 1. The van der Waals surface area contributed by atoms with Crippen molar-refractivity contribution >= 4 is 24.1 Å². The van der Waals surface area contributed by atoms with E-state index >= 15 is 0 Å². The Morgan fingerprint density at radius 1 is 1.50 bits per heavy atom. The third-order valence-electron chi connectivity index (χ3n) is 3.03. The first kappa shape index (κ1) is 18.1. The molecule has 0 aliphatic carbocycles. The lowest BCUT2D eigenvalue weighted by Gasteiger charge is -2.28. The number of nitro benzene ring substituents is 1. The first-order valence-corrected chi connectivity index (χ1v) is 5.53. The molecule has 1 aromatic carbocycles. The third kappa shape index (κ3) is 3.37. The number of nitrogens with zero attached hydrogens (tertiary/aromatic N) is 1. The zero-order valence-electron chi connectivity index (χ0n) is 11.3. The second-order valence-electron chi connectivity index (χ2n) is 4.69. The Bertz CT molecular complexity index is 519. The van der Waals surface area contributed by atoms with Gasteiger partial charge in [0.05, 0.1) is 29.1 Å². The number of esters is 1. The number of hydrogen-bond acceptors (Lipinski definition) is 6. The first-order chi connectivity index (χ1) is 8.71. The van der Waals surface area contributed by atoms with Crippen molar-refractivity contribution in [2.75, 3.05) is 7.11 Å². The fraction of sp³-hybridized carbons (Fsp3) is 0.417. The summed E-state index contributed by atoms with van der Waals surface area (Å²) in [7, 11) is 1.22. The van der Waals surface area contributed by atoms with Gasteiger partial charge in [0.1, 0.15) is 5.75 Å². The van der Waals surface area contributed by atoms with Crippen LogP contribution in [0.25, 0.3) is 0 Å². The summed E-state index contributed by atoms with van der Waals surface area (Å²) in [5.74, 6) is -0.741. The number of rotatable bonds is 4. The summed E-state index contributed by atoms with van der Waals surface area (Å²) < 4.78 is 4.64. The maximum atomic E-state index is 11.7. The van der Waals surface area contributed by atoms with Gasteiger partial charge in [-0.2, -0.15) is 0 Å². The van der Waals surface area contributed by atoms with E-state index in [1.807, 2.05) is 0 Å². The van der Waals surface area contributed by atoms with Crippen LogP contribution in [0, 0.1) is 15.5 Å². The average molecular weight is 305 g/mol. The van der Waals surface area contributed by atoms with Gasteiger partial charge in [0.2, 0.25) is 0 Å². The summed E-state index contributed by atoms with van der Waals surface area (Å²) in [6.07, 6.45) is 0. The van der Waals surface area contributed by atoms with E-state index in [1.54, 1.807) is 0 Å². The Hall–Kier alpha value is -1.86. The maximum absolute atomic E-state index is 11.7. The van der Waals surface area contributed by atoms with Crippen LogP contribution in [0.5, 0.6) is 5.75 Å². The van der Waals surface area contributed by atoms with Gasteiger partial charge in [-0.05, 0) is 26.0 Å². The van der Waals surface area contributed by atoms with Gasteiger partial charge in [0, 0.05) is 6.07 Å². The second-order valence-corrected chi connectivity index (χ2v) is 4.69. The van der Waals surface area contributed by atoms with E-state index in [1.165, 1.54) is 33.1 Å². The second kappa shape index (κ2) is 6.53. The van der Waals surface area contributed by atoms with Crippen molar-refractivity contribution in [3.63, 3.8) is 0 Å². The van der Waals surface area contributed by atoms with Crippen LogP contribution >= 0.6 is 12.4 Å². The van der Waals surface area contributed by atoms with E-state index in [-0.39, 0.29) is 29.4 Å². The zero-order valence-corrected chi connectivity index (χ0v) is 12.1. The van der Waals surface area contributed by atoms with E-state index in [0.717, 1.165) is 6.07 Å². The van der Waals surface area contributed by atoms with Crippen LogP contribution < -0.4 is 5.73 Å². The predicted octanol–water partition coefficient (Wildman–Crippen LogP) is 1.92. The van der Waals surface area contributed by atoms with Crippen LogP contribution in [-0.4, -0.2) is 23.1 Å². The Balaban J connectivity index is 0.00000361. The molecule has 112 valence electrons. The van der Waals surface area contributed by atoms with E-state index in [0.29, 0.717) is 0 Å². The number of phenolic OH excluding ortho intramolecular Hbond substituents is 1. The van der Waals surface area contributed by atoms with Crippen LogP contribution in [0.15, 0.2) is 18.2 Å². The molecule has 0 amide bonds. The van der Waals surface area contributed by atoms with E-state index in [4.69, 9.17) is 5.73 Å². The number of carbonyl (C=O) groups is 1. The van der Waals surface area contributed by atoms with Crippen molar-refractivity contribution in [3.05, 3.63) is 33.9 Å². The number of aromatic hydroxyl groups is 1. The quantitative estimate of drug-likeness (QED) is 0.499. The van der Waals surface area contributed by atoms with Crippen LogP contribution in [-0.2, 0) is 9.53 Å². The summed E-state index contributed by atoms with van der Waals surface area (Å²) in [5, 5.41) is 20.4. The molecule has 0 unspecified atom stereocenters. The topological polar surface area (TPSA) is 116 Å². The Morgan fingerprint density at radius 3 is 2.50 bits per heavy atom. The highest BCUT2D eigenvalue weighted by molar-refractivity contribution is 5.85. The highest BCUT2D eigenvalue weighted by Gasteiger charge is 2.39. The molecule has 1 rings (SSSR count). The van der Waals surface area contributed by atoms with Gasteiger partial charge >= 0.3 is 5.97 Å². The summed E-state index contributed by atoms with van der Waals surface area (Å²) in [4.78, 5) is 22.0. The van der Waals surface area contributed by atoms with Crippen LogP contribution in [0.2, 0.25) is 0 Å². The standard InChI is InChI=1S/C12H16N2O5.ClH/c1-12(2,11(16)19-3)10(13)8-6-7(15)4-5-9(8)14(17)18;/h4-6,10,15H,13H2,1-3H3;1H/t10-;/m0./s1. The molecule has 1 atom stereocenters. The number of carbonyl (C=O) groups excluding carboxylic acids is 1. The largest absolute Gasteiger partial charge is 0.508 e. The third-order valence-corrected chi connectivity index (χ3v) is 3.03. The minimum atomic E-state index is -1.16. The lowest BCUT2D eigenvalue weighted by Crippen LogP contribution is -2.37.